The van der Waals surface area contributed by atoms with E-state index in [1.807, 2.05) is 0 Å². The summed E-state index contributed by atoms with van der Waals surface area (Å²) < 4.78 is 26.5. The number of nitrogens with one attached hydrogen (secondary N) is 2. The molecular formula is C14H23ClN4O3S2. The van der Waals surface area contributed by atoms with E-state index in [2.05, 4.69) is 10.3 Å². The summed E-state index contributed by atoms with van der Waals surface area (Å²) >= 11 is 1.75. The summed E-state index contributed by atoms with van der Waals surface area (Å²) in [5, 5.41) is 2.76. The molecular weight excluding hydrogens is 372 g/mol. The second-order valence-electron chi connectivity index (χ2n) is 5.98. The Kier molecular flexibility index (Phi) is 6.60. The van der Waals surface area contributed by atoms with Crippen LogP contribution in [0.2, 0.25) is 0 Å². The highest BCUT2D eigenvalue weighted by Gasteiger charge is 2.30. The van der Waals surface area contributed by atoms with E-state index in [1.54, 1.807) is 11.8 Å². The zero-order valence-corrected chi connectivity index (χ0v) is 15.7. The number of halogens is 1. The number of rotatable bonds is 6. The van der Waals surface area contributed by atoms with Gasteiger partial charge >= 0.3 is 0 Å². The van der Waals surface area contributed by atoms with E-state index in [1.165, 1.54) is 16.6 Å². The first-order valence-electron chi connectivity index (χ1n) is 7.78. The molecule has 1 unspecified atom stereocenters. The first-order valence-corrected chi connectivity index (χ1v) is 10.4. The number of carbonyl (C=O) groups excluding carboxylic acids is 1. The van der Waals surface area contributed by atoms with Gasteiger partial charge in [0.05, 0.1) is 0 Å². The van der Waals surface area contributed by atoms with Gasteiger partial charge in [0, 0.05) is 43.4 Å². The van der Waals surface area contributed by atoms with Gasteiger partial charge in [-0.15, -0.1) is 12.4 Å². The van der Waals surface area contributed by atoms with Crippen molar-refractivity contribution in [1.82, 2.24) is 14.6 Å². The molecule has 10 heteroatoms. The summed E-state index contributed by atoms with van der Waals surface area (Å²) in [6, 6.07) is 1.37. The SMILES string of the molecule is Cl.NC(CNC(=O)c1cc(S(=O)(=O)N2CCSCC2)c[nH]1)C1CC1. The molecule has 3 rings (SSSR count). The van der Waals surface area contributed by atoms with Gasteiger partial charge in [-0.2, -0.15) is 16.1 Å². The van der Waals surface area contributed by atoms with Crippen molar-refractivity contribution in [3.63, 3.8) is 0 Å². The Bertz CT molecular complexity index is 669. The molecule has 2 heterocycles. The molecule has 1 aliphatic heterocycles. The monoisotopic (exact) mass is 394 g/mol. The molecule has 136 valence electrons. The van der Waals surface area contributed by atoms with Crippen LogP contribution in [0.5, 0.6) is 0 Å². The second-order valence-corrected chi connectivity index (χ2v) is 9.14. The van der Waals surface area contributed by atoms with E-state index < -0.39 is 10.0 Å². The third kappa shape index (κ3) is 4.45. The van der Waals surface area contributed by atoms with Gasteiger partial charge in [0.1, 0.15) is 10.6 Å². The fourth-order valence-electron chi connectivity index (χ4n) is 2.59. The number of hydrogen-bond acceptors (Lipinski definition) is 5. The van der Waals surface area contributed by atoms with Crippen molar-refractivity contribution in [2.75, 3.05) is 31.1 Å². The van der Waals surface area contributed by atoms with Crippen molar-refractivity contribution >= 4 is 40.1 Å². The maximum Gasteiger partial charge on any atom is 0.267 e. The van der Waals surface area contributed by atoms with Crippen LogP contribution < -0.4 is 11.1 Å². The Hall–Kier alpha value is -0.740. The summed E-state index contributed by atoms with van der Waals surface area (Å²) in [5.74, 6) is 1.79. The first-order chi connectivity index (χ1) is 11.0. The number of aromatic nitrogens is 1. The fourth-order valence-corrected chi connectivity index (χ4v) is 5.16. The second kappa shape index (κ2) is 8.09. The van der Waals surface area contributed by atoms with E-state index in [0.29, 0.717) is 25.6 Å². The first kappa shape index (κ1) is 19.6. The highest BCUT2D eigenvalue weighted by Crippen LogP contribution is 2.31. The van der Waals surface area contributed by atoms with Crippen LogP contribution in [0.1, 0.15) is 23.3 Å². The third-order valence-corrected chi connectivity index (χ3v) is 7.05. The Morgan fingerprint density at radius 3 is 2.71 bits per heavy atom. The molecule has 1 amide bonds. The van der Waals surface area contributed by atoms with Crippen LogP contribution in [0.3, 0.4) is 0 Å². The Balaban J connectivity index is 0.00000208. The van der Waals surface area contributed by atoms with Gasteiger partial charge in [-0.25, -0.2) is 8.42 Å². The van der Waals surface area contributed by atoms with Crippen LogP contribution in [0.4, 0.5) is 0 Å². The quantitative estimate of drug-likeness (QED) is 0.656. The number of thioether (sulfide) groups is 1. The zero-order chi connectivity index (χ0) is 16.4. The van der Waals surface area contributed by atoms with Gasteiger partial charge in [0.15, 0.2) is 0 Å². The van der Waals surface area contributed by atoms with Crippen LogP contribution in [0.25, 0.3) is 0 Å². The van der Waals surface area contributed by atoms with Crippen LogP contribution in [0, 0.1) is 5.92 Å². The lowest BCUT2D eigenvalue weighted by Gasteiger charge is -2.24. The third-order valence-electron chi connectivity index (χ3n) is 4.23. The van der Waals surface area contributed by atoms with Crippen molar-refractivity contribution in [3.05, 3.63) is 18.0 Å². The predicted octanol–water partition coefficient (Wildman–Crippen LogP) is 0.641. The minimum atomic E-state index is -3.53. The van der Waals surface area contributed by atoms with Gasteiger partial charge < -0.3 is 16.0 Å². The van der Waals surface area contributed by atoms with Crippen molar-refractivity contribution in [2.24, 2.45) is 11.7 Å². The smallest absolute Gasteiger partial charge is 0.267 e. The molecule has 0 radical (unpaired) electrons. The summed E-state index contributed by atoms with van der Waals surface area (Å²) in [7, 11) is -3.53. The normalized spacial score (nSPS) is 20.2. The molecule has 1 aromatic rings. The minimum Gasteiger partial charge on any atom is -0.356 e. The van der Waals surface area contributed by atoms with Gasteiger partial charge in [0.2, 0.25) is 10.0 Å². The molecule has 0 bridgehead atoms. The molecule has 1 saturated heterocycles. The standard InChI is InChI=1S/C14H22N4O3S2.ClH/c15-12(10-1-2-10)9-17-14(19)13-7-11(8-16-13)23(20,21)18-3-5-22-6-4-18;/h7-8,10,12,16H,1-6,9,15H2,(H,17,19);1H. The predicted molar refractivity (Wildman–Crippen MR) is 97.2 cm³/mol. The molecule has 1 saturated carbocycles. The van der Waals surface area contributed by atoms with Crippen molar-refractivity contribution < 1.29 is 13.2 Å². The molecule has 7 nitrogen and oxygen atoms in total. The molecule has 0 aromatic carbocycles. The van der Waals surface area contributed by atoms with E-state index in [4.69, 9.17) is 5.73 Å². The number of hydrogen-bond donors (Lipinski definition) is 3. The highest BCUT2D eigenvalue weighted by atomic mass is 35.5. The van der Waals surface area contributed by atoms with Gasteiger partial charge in [-0.05, 0) is 24.8 Å². The fraction of sp³-hybridized carbons (Fsp3) is 0.643. The number of amides is 1. The molecule has 1 aliphatic carbocycles. The summed E-state index contributed by atoms with van der Waals surface area (Å²) in [6.07, 6.45) is 3.62. The number of sulfonamides is 1. The highest BCUT2D eigenvalue weighted by molar-refractivity contribution is 7.99. The van der Waals surface area contributed by atoms with E-state index >= 15 is 0 Å². The number of nitrogens with two attached hydrogens (primary N) is 1. The van der Waals surface area contributed by atoms with E-state index in [0.717, 1.165) is 24.3 Å². The number of carbonyl (C=O) groups is 1. The number of aromatic amines is 1. The maximum atomic E-state index is 12.5. The number of H-pyrrole nitrogens is 1. The minimum absolute atomic E-state index is 0. The summed E-state index contributed by atoms with van der Waals surface area (Å²) in [5.41, 5.74) is 6.20. The largest absolute Gasteiger partial charge is 0.356 e. The summed E-state index contributed by atoms with van der Waals surface area (Å²) in [4.78, 5) is 15.0. The Labute approximate surface area is 152 Å². The van der Waals surface area contributed by atoms with E-state index in [-0.39, 0.29) is 34.9 Å². The average Bonchev–Trinajstić information content (AvgIpc) is 3.29. The van der Waals surface area contributed by atoms with Crippen molar-refractivity contribution in [3.8, 4) is 0 Å². The Morgan fingerprint density at radius 2 is 2.08 bits per heavy atom. The topological polar surface area (TPSA) is 108 Å². The lowest BCUT2D eigenvalue weighted by atomic mass is 10.2. The van der Waals surface area contributed by atoms with Crippen molar-refractivity contribution in [2.45, 2.75) is 23.8 Å². The zero-order valence-electron chi connectivity index (χ0n) is 13.2. The van der Waals surface area contributed by atoms with Gasteiger partial charge in [0.25, 0.3) is 5.91 Å². The molecule has 1 aromatic heterocycles. The van der Waals surface area contributed by atoms with Gasteiger partial charge in [-0.1, -0.05) is 0 Å². The molecule has 2 aliphatic rings. The molecule has 0 spiro atoms. The maximum absolute atomic E-state index is 12.5. The van der Waals surface area contributed by atoms with Crippen LogP contribution in [-0.2, 0) is 10.0 Å². The molecule has 24 heavy (non-hydrogen) atoms. The van der Waals surface area contributed by atoms with Crippen molar-refractivity contribution in [1.29, 1.82) is 0 Å². The molecule has 1 atom stereocenters. The van der Waals surface area contributed by atoms with Crippen LogP contribution in [0.15, 0.2) is 17.2 Å². The summed E-state index contributed by atoms with van der Waals surface area (Å²) in [6.45, 7) is 1.43. The lowest BCUT2D eigenvalue weighted by molar-refractivity contribution is 0.0946. The molecule has 2 fully saturated rings. The lowest BCUT2D eigenvalue weighted by Crippen LogP contribution is -2.38. The Morgan fingerprint density at radius 1 is 1.42 bits per heavy atom. The van der Waals surface area contributed by atoms with Crippen LogP contribution in [-0.4, -0.2) is 60.8 Å². The average molecular weight is 395 g/mol. The number of nitrogens with zero attached hydrogens (tertiary/aromatic N) is 1. The van der Waals surface area contributed by atoms with Gasteiger partial charge in [-0.3, -0.25) is 4.79 Å². The molecule has 4 N–H and O–H groups in total. The van der Waals surface area contributed by atoms with E-state index in [9.17, 15) is 13.2 Å². The van der Waals surface area contributed by atoms with Crippen LogP contribution >= 0.6 is 24.2 Å².